The zero-order valence-electron chi connectivity index (χ0n) is 17.5. The Balaban J connectivity index is 2.13. The Morgan fingerprint density at radius 2 is 2.10 bits per heavy atom. The molecule has 1 aromatic rings. The van der Waals surface area contributed by atoms with E-state index in [0.29, 0.717) is 4.57 Å². The van der Waals surface area contributed by atoms with E-state index >= 15 is 0 Å². The van der Waals surface area contributed by atoms with Crippen molar-refractivity contribution in [1.82, 2.24) is 14.9 Å². The van der Waals surface area contributed by atoms with Crippen molar-refractivity contribution in [3.63, 3.8) is 0 Å². The van der Waals surface area contributed by atoms with Gasteiger partial charge in [0.05, 0.1) is 18.8 Å². The standard InChI is InChI=1S/C18H26F2N4O7/c1-9(26)12(23-16(29)31-17(2,3)4)13(27)21-11-5-6-24(15(28)22-11)14-18(19,20)7-10(8-25)30-14/h5-6,9-10,12,14,25-26H,7-8H2,1-4H3,(H,23,29)(H,21,22,27,28)/t9-,10-,12+,14+/m0/s1. The molecule has 1 aromatic heterocycles. The summed E-state index contributed by atoms with van der Waals surface area (Å²) in [6.07, 6.45) is -5.15. The molecule has 1 aliphatic heterocycles. The number of nitrogens with zero attached hydrogens (tertiary/aromatic N) is 2. The number of carbonyl (C=O) groups excluding carboxylic acids is 2. The van der Waals surface area contributed by atoms with Crippen LogP contribution < -0.4 is 16.3 Å². The first kappa shape index (κ1) is 24.6. The van der Waals surface area contributed by atoms with E-state index in [0.717, 1.165) is 12.3 Å². The second-order valence-electron chi connectivity index (χ2n) is 8.11. The van der Waals surface area contributed by atoms with Crippen LogP contribution >= 0.6 is 0 Å². The van der Waals surface area contributed by atoms with Gasteiger partial charge in [-0.2, -0.15) is 4.98 Å². The van der Waals surface area contributed by atoms with Gasteiger partial charge in [0.15, 0.2) is 0 Å². The number of halogens is 2. The summed E-state index contributed by atoms with van der Waals surface area (Å²) < 4.78 is 38.8. The molecule has 2 rings (SSSR count). The highest BCUT2D eigenvalue weighted by atomic mass is 19.3. The smallest absolute Gasteiger partial charge is 0.408 e. The molecule has 11 nitrogen and oxygen atoms in total. The molecule has 13 heteroatoms. The van der Waals surface area contributed by atoms with Gasteiger partial charge in [-0.25, -0.2) is 18.4 Å². The van der Waals surface area contributed by atoms with E-state index in [1.165, 1.54) is 6.92 Å². The molecule has 1 saturated heterocycles. The summed E-state index contributed by atoms with van der Waals surface area (Å²) in [7, 11) is 0. The van der Waals surface area contributed by atoms with Crippen molar-refractivity contribution in [3.8, 4) is 0 Å². The molecule has 0 radical (unpaired) electrons. The van der Waals surface area contributed by atoms with Gasteiger partial charge in [-0.1, -0.05) is 0 Å². The van der Waals surface area contributed by atoms with Crippen molar-refractivity contribution in [3.05, 3.63) is 22.7 Å². The quantitative estimate of drug-likeness (QED) is 0.487. The van der Waals surface area contributed by atoms with Crippen LogP contribution in [0.25, 0.3) is 0 Å². The number of hydrogen-bond acceptors (Lipinski definition) is 8. The number of hydrogen-bond donors (Lipinski definition) is 4. The van der Waals surface area contributed by atoms with Crippen LogP contribution in [0.1, 0.15) is 40.3 Å². The molecule has 0 aliphatic carbocycles. The summed E-state index contributed by atoms with van der Waals surface area (Å²) in [6, 6.07) is -0.357. The van der Waals surface area contributed by atoms with Crippen LogP contribution in [-0.2, 0) is 14.3 Å². The van der Waals surface area contributed by atoms with Crippen LogP contribution in [0, 0.1) is 0 Å². The first-order chi connectivity index (χ1) is 14.2. The molecule has 2 amide bonds. The molecule has 31 heavy (non-hydrogen) atoms. The molecule has 4 N–H and O–H groups in total. The Kier molecular flexibility index (Phi) is 7.34. The highest BCUT2D eigenvalue weighted by Crippen LogP contribution is 2.41. The number of alkyl carbamates (subject to hydrolysis) is 1. The van der Waals surface area contributed by atoms with Crippen molar-refractivity contribution in [2.75, 3.05) is 11.9 Å². The minimum atomic E-state index is -3.40. The summed E-state index contributed by atoms with van der Waals surface area (Å²) in [4.78, 5) is 40.1. The van der Waals surface area contributed by atoms with Gasteiger partial charge in [0, 0.05) is 12.6 Å². The molecular weight excluding hydrogens is 422 g/mol. The maximum absolute atomic E-state index is 14.1. The molecule has 0 bridgehead atoms. The minimum Gasteiger partial charge on any atom is -0.444 e. The second kappa shape index (κ2) is 9.24. The largest absolute Gasteiger partial charge is 0.444 e. The fourth-order valence-electron chi connectivity index (χ4n) is 2.82. The van der Waals surface area contributed by atoms with Crippen LogP contribution in [0.3, 0.4) is 0 Å². The number of aliphatic hydroxyl groups excluding tert-OH is 2. The third-order valence-electron chi connectivity index (χ3n) is 4.16. The molecule has 1 aliphatic rings. The van der Waals surface area contributed by atoms with E-state index in [4.69, 9.17) is 14.6 Å². The number of carbonyl (C=O) groups is 2. The first-order valence-electron chi connectivity index (χ1n) is 9.45. The molecule has 174 valence electrons. The minimum absolute atomic E-state index is 0.289. The average molecular weight is 448 g/mol. The van der Waals surface area contributed by atoms with E-state index in [1.807, 2.05) is 0 Å². The van der Waals surface area contributed by atoms with Gasteiger partial charge in [0.25, 0.3) is 11.8 Å². The van der Waals surface area contributed by atoms with Gasteiger partial charge in [-0.15, -0.1) is 0 Å². The van der Waals surface area contributed by atoms with E-state index in [2.05, 4.69) is 15.6 Å². The van der Waals surface area contributed by atoms with E-state index in [-0.39, 0.29) is 5.82 Å². The lowest BCUT2D eigenvalue weighted by atomic mass is 10.1. The summed E-state index contributed by atoms with van der Waals surface area (Å²) in [5.41, 5.74) is -1.97. The number of nitrogens with one attached hydrogen (secondary N) is 2. The van der Waals surface area contributed by atoms with Crippen molar-refractivity contribution in [2.45, 2.75) is 70.1 Å². The molecule has 4 atom stereocenters. The van der Waals surface area contributed by atoms with Crippen molar-refractivity contribution < 1.29 is 38.1 Å². The number of ether oxygens (including phenoxy) is 2. The number of aromatic nitrogens is 2. The predicted octanol–water partition coefficient (Wildman–Crippen LogP) is 0.371. The third kappa shape index (κ3) is 6.42. The molecule has 1 fully saturated rings. The van der Waals surface area contributed by atoms with E-state index in [1.54, 1.807) is 20.8 Å². The molecule has 0 unspecified atom stereocenters. The van der Waals surface area contributed by atoms with E-state index < -0.39 is 66.7 Å². The normalized spacial score (nSPS) is 22.5. The Hall–Kier alpha value is -2.64. The zero-order valence-corrected chi connectivity index (χ0v) is 17.5. The highest BCUT2D eigenvalue weighted by Gasteiger charge is 2.51. The summed E-state index contributed by atoms with van der Waals surface area (Å²) >= 11 is 0. The summed E-state index contributed by atoms with van der Waals surface area (Å²) in [6.45, 7) is 5.47. The Bertz CT molecular complexity index is 869. The van der Waals surface area contributed by atoms with E-state index in [9.17, 15) is 28.3 Å². The topological polar surface area (TPSA) is 152 Å². The van der Waals surface area contributed by atoms with Crippen LogP contribution in [0.4, 0.5) is 19.4 Å². The highest BCUT2D eigenvalue weighted by molar-refractivity contribution is 5.96. The maximum atomic E-state index is 14.1. The zero-order chi connectivity index (χ0) is 23.6. The molecule has 0 aromatic carbocycles. The number of amides is 2. The van der Waals surface area contributed by atoms with Gasteiger partial charge >= 0.3 is 11.8 Å². The average Bonchev–Trinajstić information content (AvgIpc) is 2.92. The fraction of sp³-hybridized carbons (Fsp3) is 0.667. The van der Waals surface area contributed by atoms with Crippen molar-refractivity contribution >= 4 is 17.8 Å². The van der Waals surface area contributed by atoms with Crippen LogP contribution in [0.5, 0.6) is 0 Å². The molecule has 0 saturated carbocycles. The monoisotopic (exact) mass is 448 g/mol. The molecule has 2 heterocycles. The van der Waals surface area contributed by atoms with Crippen LogP contribution in [-0.4, -0.2) is 68.1 Å². The second-order valence-corrected chi connectivity index (χ2v) is 8.11. The van der Waals surface area contributed by atoms with Crippen LogP contribution in [0.15, 0.2) is 17.1 Å². The number of anilines is 1. The first-order valence-corrected chi connectivity index (χ1v) is 9.45. The molecular formula is C18H26F2N4O7. The van der Waals surface area contributed by atoms with Crippen molar-refractivity contribution in [2.24, 2.45) is 0 Å². The van der Waals surface area contributed by atoms with Crippen molar-refractivity contribution in [1.29, 1.82) is 0 Å². The van der Waals surface area contributed by atoms with Gasteiger partial charge in [0.2, 0.25) is 6.23 Å². The van der Waals surface area contributed by atoms with Gasteiger partial charge < -0.3 is 30.3 Å². The third-order valence-corrected chi connectivity index (χ3v) is 4.16. The SMILES string of the molecule is C[C@H](O)[C@@H](NC(=O)OC(C)(C)C)C(=O)Nc1ccn([C@@H]2O[C@H](CO)CC2(F)F)c(=O)n1. The van der Waals surface area contributed by atoms with Gasteiger partial charge in [0.1, 0.15) is 17.5 Å². The lowest BCUT2D eigenvalue weighted by molar-refractivity contribution is -0.121. The number of rotatable bonds is 6. The fourth-order valence-corrected chi connectivity index (χ4v) is 2.82. The Labute approximate surface area is 176 Å². The predicted molar refractivity (Wildman–Crippen MR) is 103 cm³/mol. The number of alkyl halides is 2. The van der Waals surface area contributed by atoms with Gasteiger partial charge in [-0.05, 0) is 33.8 Å². The lowest BCUT2D eigenvalue weighted by Gasteiger charge is -2.24. The Morgan fingerprint density at radius 3 is 2.58 bits per heavy atom. The van der Waals surface area contributed by atoms with Gasteiger partial charge in [-0.3, -0.25) is 9.36 Å². The summed E-state index contributed by atoms with van der Waals surface area (Å²) in [5.74, 6) is -4.60. The Morgan fingerprint density at radius 1 is 1.45 bits per heavy atom. The van der Waals surface area contributed by atoms with Crippen LogP contribution in [0.2, 0.25) is 0 Å². The lowest BCUT2D eigenvalue weighted by Crippen LogP contribution is -2.51. The molecule has 0 spiro atoms. The number of aliphatic hydroxyl groups is 2. The maximum Gasteiger partial charge on any atom is 0.408 e. The summed E-state index contributed by atoms with van der Waals surface area (Å²) in [5, 5.41) is 23.3.